The van der Waals surface area contributed by atoms with E-state index in [1.807, 2.05) is 23.6 Å². The van der Waals surface area contributed by atoms with Crippen molar-refractivity contribution in [2.75, 3.05) is 12.1 Å². The fraction of sp³-hybridized carbons (Fsp3) is 0.0952. The number of thiophene rings is 1. The van der Waals surface area contributed by atoms with E-state index in [1.165, 1.54) is 0 Å². The fourth-order valence-corrected chi connectivity index (χ4v) is 4.01. The van der Waals surface area contributed by atoms with Gasteiger partial charge in [0.15, 0.2) is 0 Å². The second-order valence-electron chi connectivity index (χ2n) is 6.11. The Balaban J connectivity index is 1.67. The highest BCUT2D eigenvalue weighted by Gasteiger charge is 2.20. The molecule has 0 bridgehead atoms. The maximum absolute atomic E-state index is 13.2. The molecule has 2 aromatic carbocycles. The third-order valence-electron chi connectivity index (χ3n) is 4.40. The van der Waals surface area contributed by atoms with Crippen LogP contribution in [0.2, 0.25) is 0 Å². The second-order valence-corrected chi connectivity index (χ2v) is 7.02. The van der Waals surface area contributed by atoms with Crippen LogP contribution < -0.4 is 9.75 Å². The first-order valence-electron chi connectivity index (χ1n) is 8.55. The Labute approximate surface area is 165 Å². The van der Waals surface area contributed by atoms with Gasteiger partial charge in [-0.25, -0.2) is 14.7 Å². The summed E-state index contributed by atoms with van der Waals surface area (Å²) in [5, 5.41) is 13.6. The molecular weight excluding hydrogens is 372 g/mol. The molecule has 4 rings (SSSR count). The van der Waals surface area contributed by atoms with Crippen molar-refractivity contribution in [2.45, 2.75) is 6.42 Å². The van der Waals surface area contributed by atoms with Gasteiger partial charge in [0.2, 0.25) is 0 Å². The van der Waals surface area contributed by atoms with Crippen molar-refractivity contribution in [1.82, 2.24) is 9.66 Å². The van der Waals surface area contributed by atoms with Crippen molar-refractivity contribution in [3.63, 3.8) is 0 Å². The number of amides is 1. The van der Waals surface area contributed by atoms with E-state index in [4.69, 9.17) is 10.00 Å². The summed E-state index contributed by atoms with van der Waals surface area (Å²) < 4.78 is 7.99. The molecule has 0 N–H and O–H groups in total. The topological polar surface area (TPSA) is 71.2 Å². The van der Waals surface area contributed by atoms with Gasteiger partial charge in [-0.2, -0.15) is 5.26 Å². The number of carbonyl (C=O) groups excluding carboxylic acids is 1. The first-order chi connectivity index (χ1) is 13.7. The summed E-state index contributed by atoms with van der Waals surface area (Å²) in [7, 11) is 1.64. The molecule has 138 valence electrons. The number of hydrogen-bond acceptors (Lipinski definition) is 5. The first kappa shape index (κ1) is 17.8. The zero-order valence-corrected chi connectivity index (χ0v) is 15.9. The normalized spacial score (nSPS) is 10.6. The summed E-state index contributed by atoms with van der Waals surface area (Å²) in [5.41, 5.74) is 2.18. The largest absolute Gasteiger partial charge is 0.497 e. The molecule has 0 fully saturated rings. The number of nitrogens with zero attached hydrogens (tertiary/aromatic N) is 4. The Bertz CT molecular complexity index is 1160. The van der Waals surface area contributed by atoms with Crippen molar-refractivity contribution >= 4 is 33.0 Å². The van der Waals surface area contributed by atoms with Gasteiger partial charge in [0.05, 0.1) is 30.9 Å². The number of benzene rings is 2. The van der Waals surface area contributed by atoms with E-state index in [0.717, 1.165) is 21.4 Å². The minimum atomic E-state index is -0.0989. The van der Waals surface area contributed by atoms with Crippen LogP contribution >= 0.6 is 11.3 Å². The zero-order chi connectivity index (χ0) is 19.5. The minimum absolute atomic E-state index is 0.0989. The van der Waals surface area contributed by atoms with E-state index in [-0.39, 0.29) is 12.3 Å². The SMILES string of the molecule is COc1ccc2c(CC(=O)N(c3ccc(C#N)cc3)n3ccnc3)csc2c1. The minimum Gasteiger partial charge on any atom is -0.497 e. The van der Waals surface area contributed by atoms with Gasteiger partial charge in [-0.05, 0) is 58.8 Å². The maximum Gasteiger partial charge on any atom is 0.250 e. The number of carbonyl (C=O) groups is 1. The van der Waals surface area contributed by atoms with E-state index >= 15 is 0 Å². The van der Waals surface area contributed by atoms with Gasteiger partial charge < -0.3 is 4.74 Å². The molecule has 6 nitrogen and oxygen atoms in total. The van der Waals surface area contributed by atoms with Crippen molar-refractivity contribution < 1.29 is 9.53 Å². The molecule has 0 aliphatic rings. The number of aromatic nitrogens is 2. The molecule has 0 saturated heterocycles. The number of hydrogen-bond donors (Lipinski definition) is 0. The Kier molecular flexibility index (Phi) is 4.79. The van der Waals surface area contributed by atoms with Gasteiger partial charge in [-0.15, -0.1) is 11.3 Å². The van der Waals surface area contributed by atoms with Crippen LogP contribution in [-0.2, 0) is 11.2 Å². The monoisotopic (exact) mass is 388 g/mol. The summed E-state index contributed by atoms with van der Waals surface area (Å²) in [6.45, 7) is 0. The Morgan fingerprint density at radius 1 is 1.29 bits per heavy atom. The summed E-state index contributed by atoms with van der Waals surface area (Å²) in [4.78, 5) is 17.3. The lowest BCUT2D eigenvalue weighted by atomic mass is 10.1. The molecule has 0 aliphatic carbocycles. The van der Waals surface area contributed by atoms with E-state index in [9.17, 15) is 4.79 Å². The van der Waals surface area contributed by atoms with Crippen LogP contribution in [0.1, 0.15) is 11.1 Å². The lowest BCUT2D eigenvalue weighted by molar-refractivity contribution is -0.118. The molecule has 4 aromatic rings. The number of nitriles is 1. The molecule has 0 unspecified atom stereocenters. The molecule has 0 atom stereocenters. The van der Waals surface area contributed by atoms with Crippen molar-refractivity contribution in [3.8, 4) is 11.8 Å². The summed E-state index contributed by atoms with van der Waals surface area (Å²) in [6, 6.07) is 14.8. The standard InChI is InChI=1S/C21H16N4O2S/c1-27-18-6-7-19-16(13-28-20(19)11-18)10-21(26)25(24-9-8-23-14-24)17-4-2-15(12-22)3-5-17/h2-9,11,13-14H,10H2,1H3. The smallest absolute Gasteiger partial charge is 0.250 e. The Morgan fingerprint density at radius 2 is 2.11 bits per heavy atom. The first-order valence-corrected chi connectivity index (χ1v) is 9.43. The number of imidazole rings is 1. The maximum atomic E-state index is 13.2. The number of rotatable bonds is 5. The van der Waals surface area contributed by atoms with Gasteiger partial charge >= 0.3 is 0 Å². The van der Waals surface area contributed by atoms with Gasteiger partial charge in [0.1, 0.15) is 12.1 Å². The van der Waals surface area contributed by atoms with Crippen LogP contribution in [0.25, 0.3) is 10.1 Å². The molecule has 28 heavy (non-hydrogen) atoms. The molecule has 2 aromatic heterocycles. The highest BCUT2D eigenvalue weighted by atomic mass is 32.1. The van der Waals surface area contributed by atoms with Crippen LogP contribution in [0.4, 0.5) is 5.69 Å². The highest BCUT2D eigenvalue weighted by Crippen LogP contribution is 2.30. The lowest BCUT2D eigenvalue weighted by Gasteiger charge is -2.23. The molecule has 0 spiro atoms. The second kappa shape index (κ2) is 7.55. The molecular formula is C21H16N4O2S. The lowest BCUT2D eigenvalue weighted by Crippen LogP contribution is -2.36. The van der Waals surface area contributed by atoms with Crippen LogP contribution in [0.15, 0.2) is 66.6 Å². The number of fused-ring (bicyclic) bond motifs is 1. The predicted molar refractivity (Wildman–Crippen MR) is 108 cm³/mol. The molecule has 7 heteroatoms. The molecule has 2 heterocycles. The van der Waals surface area contributed by atoms with Gasteiger partial charge in [0, 0.05) is 17.1 Å². The van der Waals surface area contributed by atoms with E-state index < -0.39 is 0 Å². The molecule has 0 aliphatic heterocycles. The van der Waals surface area contributed by atoms with Gasteiger partial charge in [0.25, 0.3) is 5.91 Å². The summed E-state index contributed by atoms with van der Waals surface area (Å²) in [5.74, 6) is 0.697. The number of methoxy groups -OCH3 is 1. The van der Waals surface area contributed by atoms with E-state index in [2.05, 4.69) is 11.1 Å². The molecule has 0 radical (unpaired) electrons. The van der Waals surface area contributed by atoms with E-state index in [1.54, 1.807) is 71.1 Å². The number of ether oxygens (including phenoxy) is 1. The third-order valence-corrected chi connectivity index (χ3v) is 5.40. The predicted octanol–water partition coefficient (Wildman–Crippen LogP) is 4.02. The highest BCUT2D eigenvalue weighted by molar-refractivity contribution is 7.17. The third kappa shape index (κ3) is 3.33. The summed E-state index contributed by atoms with van der Waals surface area (Å²) in [6.07, 6.45) is 5.15. The van der Waals surface area contributed by atoms with E-state index in [0.29, 0.717) is 11.3 Å². The van der Waals surface area contributed by atoms with Gasteiger partial charge in [-0.3, -0.25) is 4.79 Å². The zero-order valence-electron chi connectivity index (χ0n) is 15.1. The van der Waals surface area contributed by atoms with Crippen LogP contribution in [0.5, 0.6) is 5.75 Å². The van der Waals surface area contributed by atoms with Crippen LogP contribution in [-0.4, -0.2) is 22.7 Å². The number of anilines is 1. The van der Waals surface area contributed by atoms with Crippen molar-refractivity contribution in [3.05, 3.63) is 77.7 Å². The fourth-order valence-electron chi connectivity index (χ4n) is 3.02. The quantitative estimate of drug-likeness (QED) is 0.518. The average Bonchev–Trinajstić information content (AvgIpc) is 3.39. The van der Waals surface area contributed by atoms with Crippen LogP contribution in [0, 0.1) is 11.3 Å². The molecule has 1 amide bonds. The van der Waals surface area contributed by atoms with Crippen molar-refractivity contribution in [1.29, 1.82) is 5.26 Å². The molecule has 0 saturated carbocycles. The van der Waals surface area contributed by atoms with Crippen molar-refractivity contribution in [2.24, 2.45) is 0 Å². The average molecular weight is 388 g/mol. The van der Waals surface area contributed by atoms with Gasteiger partial charge in [-0.1, -0.05) is 0 Å². The Morgan fingerprint density at radius 3 is 2.79 bits per heavy atom. The summed E-state index contributed by atoms with van der Waals surface area (Å²) >= 11 is 1.59. The van der Waals surface area contributed by atoms with Crippen LogP contribution in [0.3, 0.4) is 0 Å². The Hall–Kier alpha value is -3.63.